The van der Waals surface area contributed by atoms with Gasteiger partial charge in [-0.05, 0) is 43.4 Å². The molecule has 0 atom stereocenters. The third-order valence-corrected chi connectivity index (χ3v) is 3.82. The molecular weight excluding hydrogens is 272 g/mol. The van der Waals surface area contributed by atoms with Gasteiger partial charge in [-0.25, -0.2) is 9.59 Å². The Kier molecular flexibility index (Phi) is 4.47. The zero-order valence-electron chi connectivity index (χ0n) is 12.2. The lowest BCUT2D eigenvalue weighted by Gasteiger charge is -2.34. The molecule has 2 rings (SSSR count). The molecule has 1 aromatic carbocycles. The summed E-state index contributed by atoms with van der Waals surface area (Å²) < 4.78 is 0. The Morgan fingerprint density at radius 3 is 2.62 bits per heavy atom. The van der Waals surface area contributed by atoms with E-state index in [4.69, 9.17) is 5.11 Å². The number of carbonyl (C=O) groups excluding carboxylic acids is 1. The molecule has 1 saturated carbocycles. The van der Waals surface area contributed by atoms with Crippen LogP contribution in [0.4, 0.5) is 10.5 Å². The van der Waals surface area contributed by atoms with Crippen LogP contribution in [0.5, 0.6) is 0 Å². The van der Waals surface area contributed by atoms with Gasteiger partial charge < -0.3 is 20.4 Å². The van der Waals surface area contributed by atoms with E-state index in [0.717, 1.165) is 18.4 Å². The Morgan fingerprint density at radius 2 is 2.05 bits per heavy atom. The zero-order chi connectivity index (χ0) is 15.6. The van der Waals surface area contributed by atoms with Gasteiger partial charge >= 0.3 is 12.0 Å². The van der Waals surface area contributed by atoms with Crippen LogP contribution in [0, 0.1) is 12.8 Å². The smallest absolute Gasteiger partial charge is 0.335 e. The van der Waals surface area contributed by atoms with Crippen LogP contribution in [0.2, 0.25) is 0 Å². The Bertz CT molecular complexity index is 553. The molecule has 1 aromatic rings. The van der Waals surface area contributed by atoms with Crippen LogP contribution < -0.4 is 5.32 Å². The van der Waals surface area contributed by atoms with Crippen LogP contribution in [0.15, 0.2) is 18.2 Å². The molecule has 114 valence electrons. The Balaban J connectivity index is 1.98. The second-order valence-corrected chi connectivity index (χ2v) is 5.64. The zero-order valence-corrected chi connectivity index (χ0v) is 12.2. The standard InChI is InChI=1S/C15H20N2O4/c1-9-3-4-11(14(19)20)7-13(9)16-15(21)17(2)8-10-5-12(18)6-10/h3-4,7,10,12,18H,5-6,8H2,1-2H3,(H,16,21)(H,19,20). The van der Waals surface area contributed by atoms with Crippen molar-refractivity contribution >= 4 is 17.7 Å². The topological polar surface area (TPSA) is 89.9 Å². The molecule has 0 spiro atoms. The van der Waals surface area contributed by atoms with Gasteiger partial charge in [-0.15, -0.1) is 0 Å². The summed E-state index contributed by atoms with van der Waals surface area (Å²) in [7, 11) is 1.69. The number of hydrogen-bond donors (Lipinski definition) is 3. The number of rotatable bonds is 4. The first kappa shape index (κ1) is 15.3. The number of aromatic carboxylic acids is 1. The molecule has 0 radical (unpaired) electrons. The number of anilines is 1. The third-order valence-electron chi connectivity index (χ3n) is 3.82. The maximum Gasteiger partial charge on any atom is 0.335 e. The number of nitrogens with one attached hydrogen (secondary N) is 1. The fraction of sp³-hybridized carbons (Fsp3) is 0.467. The van der Waals surface area contributed by atoms with E-state index in [9.17, 15) is 14.7 Å². The van der Waals surface area contributed by atoms with E-state index in [1.165, 1.54) is 12.1 Å². The largest absolute Gasteiger partial charge is 0.478 e. The fourth-order valence-electron chi connectivity index (χ4n) is 2.42. The monoisotopic (exact) mass is 292 g/mol. The van der Waals surface area contributed by atoms with Gasteiger partial charge in [0.05, 0.1) is 11.7 Å². The summed E-state index contributed by atoms with van der Waals surface area (Å²) in [6.07, 6.45) is 1.22. The Morgan fingerprint density at radius 1 is 1.38 bits per heavy atom. The molecule has 0 aliphatic heterocycles. The summed E-state index contributed by atoms with van der Waals surface area (Å²) >= 11 is 0. The summed E-state index contributed by atoms with van der Waals surface area (Å²) in [5.74, 6) is -0.690. The first-order chi connectivity index (χ1) is 9.86. The molecule has 2 amide bonds. The van der Waals surface area contributed by atoms with E-state index < -0.39 is 5.97 Å². The molecule has 0 unspecified atom stereocenters. The van der Waals surface area contributed by atoms with Crippen molar-refractivity contribution in [3.05, 3.63) is 29.3 Å². The highest BCUT2D eigenvalue weighted by Crippen LogP contribution is 2.27. The average molecular weight is 292 g/mol. The van der Waals surface area contributed by atoms with Gasteiger partial charge in [-0.3, -0.25) is 0 Å². The van der Waals surface area contributed by atoms with Crippen molar-refractivity contribution in [3.63, 3.8) is 0 Å². The van der Waals surface area contributed by atoms with Crippen molar-refractivity contribution in [2.45, 2.75) is 25.9 Å². The predicted molar refractivity (Wildman–Crippen MR) is 78.5 cm³/mol. The highest BCUT2D eigenvalue weighted by atomic mass is 16.4. The normalized spacial score (nSPS) is 20.5. The number of carboxylic acid groups (broad SMARTS) is 1. The van der Waals surface area contributed by atoms with Crippen LogP contribution in [-0.4, -0.2) is 46.8 Å². The molecule has 1 fully saturated rings. The van der Waals surface area contributed by atoms with E-state index in [1.54, 1.807) is 18.0 Å². The number of hydrogen-bond acceptors (Lipinski definition) is 3. The van der Waals surface area contributed by atoms with Gasteiger partial charge in [-0.1, -0.05) is 6.07 Å². The summed E-state index contributed by atoms with van der Waals surface area (Å²) in [6.45, 7) is 2.39. The van der Waals surface area contributed by atoms with Crippen molar-refractivity contribution in [2.24, 2.45) is 5.92 Å². The van der Waals surface area contributed by atoms with Crippen LogP contribution in [-0.2, 0) is 0 Å². The number of aliphatic hydroxyl groups is 1. The van der Waals surface area contributed by atoms with Gasteiger partial charge in [0, 0.05) is 19.3 Å². The average Bonchev–Trinajstić information content (AvgIpc) is 2.39. The van der Waals surface area contributed by atoms with Gasteiger partial charge in [0.25, 0.3) is 0 Å². The molecule has 21 heavy (non-hydrogen) atoms. The minimum atomic E-state index is -1.03. The van der Waals surface area contributed by atoms with Gasteiger partial charge in [0.2, 0.25) is 0 Å². The van der Waals surface area contributed by atoms with E-state index in [1.807, 2.05) is 6.92 Å². The number of nitrogens with zero attached hydrogens (tertiary/aromatic N) is 1. The lowest BCUT2D eigenvalue weighted by Crippen LogP contribution is -2.41. The number of amides is 2. The minimum Gasteiger partial charge on any atom is -0.478 e. The second kappa shape index (κ2) is 6.13. The van der Waals surface area contributed by atoms with Gasteiger partial charge in [-0.2, -0.15) is 0 Å². The van der Waals surface area contributed by atoms with E-state index in [-0.39, 0.29) is 17.7 Å². The van der Waals surface area contributed by atoms with Crippen LogP contribution in [0.1, 0.15) is 28.8 Å². The molecule has 0 aromatic heterocycles. The van der Waals surface area contributed by atoms with Crippen LogP contribution >= 0.6 is 0 Å². The summed E-state index contributed by atoms with van der Waals surface area (Å²) in [5, 5.41) is 21.0. The molecule has 3 N–H and O–H groups in total. The SMILES string of the molecule is Cc1ccc(C(=O)O)cc1NC(=O)N(C)CC1CC(O)C1. The Labute approximate surface area is 123 Å². The number of urea groups is 1. The quantitative estimate of drug-likeness (QED) is 0.791. The molecular formula is C15H20N2O4. The Hall–Kier alpha value is -2.08. The van der Waals surface area contributed by atoms with E-state index >= 15 is 0 Å². The molecule has 1 aliphatic carbocycles. The second-order valence-electron chi connectivity index (χ2n) is 5.64. The highest BCUT2D eigenvalue weighted by molar-refractivity contribution is 5.93. The van der Waals surface area contributed by atoms with Gasteiger partial charge in [0.1, 0.15) is 0 Å². The van der Waals surface area contributed by atoms with E-state index in [0.29, 0.717) is 18.2 Å². The van der Waals surface area contributed by atoms with Crippen molar-refractivity contribution in [2.75, 3.05) is 18.9 Å². The summed E-state index contributed by atoms with van der Waals surface area (Å²) in [6, 6.07) is 4.35. The van der Waals surface area contributed by atoms with Crippen LogP contribution in [0.25, 0.3) is 0 Å². The van der Waals surface area contributed by atoms with Crippen molar-refractivity contribution in [1.82, 2.24) is 4.90 Å². The molecule has 0 heterocycles. The number of carboxylic acids is 1. The molecule has 6 nitrogen and oxygen atoms in total. The van der Waals surface area contributed by atoms with Crippen molar-refractivity contribution < 1.29 is 19.8 Å². The maximum absolute atomic E-state index is 12.1. The summed E-state index contributed by atoms with van der Waals surface area (Å²) in [4.78, 5) is 24.6. The lowest BCUT2D eigenvalue weighted by atomic mass is 9.82. The minimum absolute atomic E-state index is 0.140. The van der Waals surface area contributed by atoms with Crippen molar-refractivity contribution in [3.8, 4) is 0 Å². The first-order valence-electron chi connectivity index (χ1n) is 6.91. The van der Waals surface area contributed by atoms with Gasteiger partial charge in [0.15, 0.2) is 0 Å². The predicted octanol–water partition coefficient (Wildman–Crippen LogP) is 1.93. The highest BCUT2D eigenvalue weighted by Gasteiger charge is 2.29. The third kappa shape index (κ3) is 3.72. The molecule has 0 saturated heterocycles. The fourth-order valence-corrected chi connectivity index (χ4v) is 2.42. The number of aryl methyl sites for hydroxylation is 1. The van der Waals surface area contributed by atoms with Crippen LogP contribution in [0.3, 0.4) is 0 Å². The summed E-state index contributed by atoms with van der Waals surface area (Å²) in [5.41, 5.74) is 1.45. The van der Waals surface area contributed by atoms with E-state index in [2.05, 4.69) is 5.32 Å². The number of aliphatic hydroxyl groups excluding tert-OH is 1. The first-order valence-corrected chi connectivity index (χ1v) is 6.91. The molecule has 0 bridgehead atoms. The molecule has 6 heteroatoms. The molecule has 1 aliphatic rings. The van der Waals surface area contributed by atoms with Crippen molar-refractivity contribution in [1.29, 1.82) is 0 Å². The number of carbonyl (C=O) groups is 2. The lowest BCUT2D eigenvalue weighted by molar-refractivity contribution is 0.0332. The maximum atomic E-state index is 12.1. The number of benzene rings is 1.